The first-order chi connectivity index (χ1) is 8.88. The average Bonchev–Trinajstić information content (AvgIpc) is 2.42. The molecule has 0 aromatic heterocycles. The van der Waals surface area contributed by atoms with Gasteiger partial charge in [-0.15, -0.1) is 0 Å². The minimum Gasteiger partial charge on any atom is -0.377 e. The molecular formula is C16H19OS+. The van der Waals surface area contributed by atoms with Crippen molar-refractivity contribution in [3.8, 4) is 0 Å². The third-order valence-corrected chi connectivity index (χ3v) is 3.68. The van der Waals surface area contributed by atoms with Gasteiger partial charge in [-0.25, -0.2) is 0 Å². The van der Waals surface area contributed by atoms with E-state index in [0.717, 1.165) is 19.6 Å². The van der Waals surface area contributed by atoms with Crippen LogP contribution in [0, 0.1) is 0 Å². The van der Waals surface area contributed by atoms with E-state index >= 15 is 0 Å². The Morgan fingerprint density at radius 3 is 2.22 bits per heavy atom. The first-order valence-electron chi connectivity index (χ1n) is 6.32. The van der Waals surface area contributed by atoms with Gasteiger partial charge in [-0.1, -0.05) is 37.3 Å². The number of rotatable bonds is 6. The summed E-state index contributed by atoms with van der Waals surface area (Å²) in [6, 6.07) is 19.2. The van der Waals surface area contributed by atoms with E-state index < -0.39 is 0 Å². The maximum absolute atomic E-state index is 5.52. The fraction of sp³-hybridized carbons (Fsp3) is 0.250. The fourth-order valence-electron chi connectivity index (χ4n) is 1.65. The zero-order chi connectivity index (χ0) is 12.6. The molecule has 0 fully saturated rings. The van der Waals surface area contributed by atoms with E-state index in [1.165, 1.54) is 27.1 Å². The molecule has 0 unspecified atom stereocenters. The SMILES string of the molecule is CCCOCc1ccc([SH+]c2ccccc2)cc1. The fourth-order valence-corrected chi connectivity index (χ4v) is 2.57. The largest absolute Gasteiger partial charge is 0.377 e. The molecule has 0 radical (unpaired) electrons. The van der Waals surface area contributed by atoms with Crippen LogP contribution in [-0.4, -0.2) is 6.61 Å². The van der Waals surface area contributed by atoms with Gasteiger partial charge in [-0.3, -0.25) is 0 Å². The summed E-state index contributed by atoms with van der Waals surface area (Å²) in [5, 5.41) is 0. The Balaban J connectivity index is 1.91. The molecule has 2 aromatic carbocycles. The second kappa shape index (κ2) is 7.24. The molecule has 1 nitrogen and oxygen atoms in total. The van der Waals surface area contributed by atoms with Gasteiger partial charge >= 0.3 is 0 Å². The van der Waals surface area contributed by atoms with Gasteiger partial charge in [0.25, 0.3) is 0 Å². The first kappa shape index (κ1) is 13.2. The first-order valence-corrected chi connectivity index (χ1v) is 7.21. The molecular weight excluding hydrogens is 240 g/mol. The molecule has 0 saturated heterocycles. The lowest BCUT2D eigenvalue weighted by atomic mass is 10.2. The van der Waals surface area contributed by atoms with Crippen molar-refractivity contribution in [2.24, 2.45) is 0 Å². The maximum atomic E-state index is 5.52. The van der Waals surface area contributed by atoms with Crippen LogP contribution in [-0.2, 0) is 23.1 Å². The topological polar surface area (TPSA) is 9.23 Å². The van der Waals surface area contributed by atoms with E-state index in [0.29, 0.717) is 0 Å². The summed E-state index contributed by atoms with van der Waals surface area (Å²) >= 11 is 1.26. The standard InChI is InChI=1S/C16H18OS/c1-2-12-17-13-14-8-10-16(11-9-14)18-15-6-4-3-5-7-15/h3-11H,2,12-13H2,1H3/p+1. The van der Waals surface area contributed by atoms with Gasteiger partial charge in [0, 0.05) is 18.4 Å². The molecule has 0 bridgehead atoms. The van der Waals surface area contributed by atoms with Crippen LogP contribution in [0.2, 0.25) is 0 Å². The molecule has 0 spiro atoms. The number of benzene rings is 2. The van der Waals surface area contributed by atoms with Crippen LogP contribution in [0.5, 0.6) is 0 Å². The zero-order valence-corrected chi connectivity index (χ0v) is 11.6. The summed E-state index contributed by atoms with van der Waals surface area (Å²) in [6.45, 7) is 3.68. The smallest absolute Gasteiger partial charge is 0.158 e. The van der Waals surface area contributed by atoms with Crippen LogP contribution in [0.25, 0.3) is 0 Å². The zero-order valence-electron chi connectivity index (χ0n) is 10.7. The molecule has 94 valence electrons. The van der Waals surface area contributed by atoms with Crippen molar-refractivity contribution in [1.82, 2.24) is 0 Å². The highest BCUT2D eigenvalue weighted by Gasteiger charge is 2.05. The molecule has 2 heteroatoms. The Bertz CT molecular complexity index is 450. The van der Waals surface area contributed by atoms with Gasteiger partial charge in [0.1, 0.15) is 0 Å². The number of thiol groups is 1. The Morgan fingerprint density at radius 2 is 1.56 bits per heavy atom. The minimum absolute atomic E-state index is 0.719. The number of ether oxygens (including phenoxy) is 1. The molecule has 0 atom stereocenters. The summed E-state index contributed by atoms with van der Waals surface area (Å²) in [6.07, 6.45) is 1.07. The summed E-state index contributed by atoms with van der Waals surface area (Å²) in [5.74, 6) is 0. The Kier molecular flexibility index (Phi) is 5.31. The molecule has 0 saturated carbocycles. The second-order valence-corrected chi connectivity index (χ2v) is 5.42. The van der Waals surface area contributed by atoms with E-state index in [1.807, 2.05) is 6.07 Å². The molecule has 0 amide bonds. The molecule has 18 heavy (non-hydrogen) atoms. The summed E-state index contributed by atoms with van der Waals surface area (Å²) in [5.41, 5.74) is 1.25. The Morgan fingerprint density at radius 1 is 0.889 bits per heavy atom. The summed E-state index contributed by atoms with van der Waals surface area (Å²) in [4.78, 5) is 2.65. The average molecular weight is 259 g/mol. The van der Waals surface area contributed by atoms with Crippen molar-refractivity contribution in [1.29, 1.82) is 0 Å². The predicted molar refractivity (Wildman–Crippen MR) is 78.1 cm³/mol. The lowest BCUT2D eigenvalue weighted by Crippen LogP contribution is -1.94. The summed E-state index contributed by atoms with van der Waals surface area (Å²) in [7, 11) is 0. The quantitative estimate of drug-likeness (QED) is 0.435. The van der Waals surface area contributed by atoms with Gasteiger partial charge in [-0.2, -0.15) is 0 Å². The van der Waals surface area contributed by atoms with Crippen LogP contribution in [0.15, 0.2) is 64.4 Å². The van der Waals surface area contributed by atoms with Gasteiger partial charge in [0.15, 0.2) is 9.79 Å². The van der Waals surface area contributed by atoms with Crippen LogP contribution in [0.1, 0.15) is 18.9 Å². The van der Waals surface area contributed by atoms with Gasteiger partial charge in [-0.05, 0) is 36.2 Å². The third kappa shape index (κ3) is 4.21. The van der Waals surface area contributed by atoms with Crippen molar-refractivity contribution >= 4 is 11.8 Å². The molecule has 2 rings (SSSR count). The minimum atomic E-state index is 0.719. The maximum Gasteiger partial charge on any atom is 0.158 e. The number of hydrogen-bond donors (Lipinski definition) is 0. The molecule has 0 N–H and O–H groups in total. The summed E-state index contributed by atoms with van der Waals surface area (Å²) < 4.78 is 5.52. The van der Waals surface area contributed by atoms with Gasteiger partial charge in [0.2, 0.25) is 0 Å². The van der Waals surface area contributed by atoms with Crippen molar-refractivity contribution < 1.29 is 4.74 Å². The van der Waals surface area contributed by atoms with Crippen LogP contribution in [0.3, 0.4) is 0 Å². The highest BCUT2D eigenvalue weighted by molar-refractivity contribution is 7.78. The van der Waals surface area contributed by atoms with Gasteiger partial charge < -0.3 is 4.74 Å². The van der Waals surface area contributed by atoms with E-state index in [1.54, 1.807) is 0 Å². The molecule has 0 aliphatic heterocycles. The van der Waals surface area contributed by atoms with E-state index in [9.17, 15) is 0 Å². The lowest BCUT2D eigenvalue weighted by molar-refractivity contribution is 0.121. The van der Waals surface area contributed by atoms with Crippen LogP contribution in [0.4, 0.5) is 0 Å². The van der Waals surface area contributed by atoms with E-state index in [4.69, 9.17) is 4.74 Å². The molecule has 0 aliphatic rings. The Labute approximate surface area is 113 Å². The van der Waals surface area contributed by atoms with E-state index in [2.05, 4.69) is 55.5 Å². The Hall–Kier alpha value is -1.25. The molecule has 0 aliphatic carbocycles. The third-order valence-electron chi connectivity index (χ3n) is 2.57. The van der Waals surface area contributed by atoms with E-state index in [-0.39, 0.29) is 0 Å². The monoisotopic (exact) mass is 259 g/mol. The molecule has 0 heterocycles. The van der Waals surface area contributed by atoms with Crippen molar-refractivity contribution in [3.63, 3.8) is 0 Å². The normalized spacial score (nSPS) is 10.5. The highest BCUT2D eigenvalue weighted by atomic mass is 32.2. The molecule has 2 aromatic rings. The van der Waals surface area contributed by atoms with Crippen molar-refractivity contribution in [2.45, 2.75) is 29.7 Å². The van der Waals surface area contributed by atoms with Crippen LogP contribution >= 0.6 is 0 Å². The van der Waals surface area contributed by atoms with Crippen molar-refractivity contribution in [3.05, 3.63) is 60.2 Å². The van der Waals surface area contributed by atoms with Crippen LogP contribution < -0.4 is 0 Å². The highest BCUT2D eigenvalue weighted by Crippen LogP contribution is 2.13. The predicted octanol–water partition coefficient (Wildman–Crippen LogP) is 3.85. The number of hydrogen-bond acceptors (Lipinski definition) is 1. The van der Waals surface area contributed by atoms with Crippen molar-refractivity contribution in [2.75, 3.05) is 6.61 Å². The lowest BCUT2D eigenvalue weighted by Gasteiger charge is -2.02. The van der Waals surface area contributed by atoms with Gasteiger partial charge in [0.05, 0.1) is 6.61 Å². The second-order valence-electron chi connectivity index (χ2n) is 4.17.